The SMILES string of the molecule is CCCC(C)NC(=O)CC1CNc2ccccc21. The van der Waals surface area contributed by atoms with Crippen molar-refractivity contribution in [3.8, 4) is 0 Å². The molecular formula is C15H22N2O. The van der Waals surface area contributed by atoms with Gasteiger partial charge in [-0.25, -0.2) is 0 Å². The first kappa shape index (κ1) is 12.9. The van der Waals surface area contributed by atoms with Crippen molar-refractivity contribution in [2.75, 3.05) is 11.9 Å². The summed E-state index contributed by atoms with van der Waals surface area (Å²) in [6, 6.07) is 8.54. The average molecular weight is 246 g/mol. The minimum Gasteiger partial charge on any atom is -0.384 e. The number of nitrogens with one attached hydrogen (secondary N) is 2. The number of carbonyl (C=O) groups excluding carboxylic acids is 1. The molecule has 0 saturated heterocycles. The summed E-state index contributed by atoms with van der Waals surface area (Å²) in [6.45, 7) is 5.08. The number of benzene rings is 1. The molecule has 2 atom stereocenters. The van der Waals surface area contributed by atoms with Crippen molar-refractivity contribution in [1.82, 2.24) is 5.32 Å². The first-order valence-electron chi connectivity index (χ1n) is 6.83. The van der Waals surface area contributed by atoms with Crippen molar-refractivity contribution in [3.05, 3.63) is 29.8 Å². The zero-order valence-corrected chi connectivity index (χ0v) is 11.2. The van der Waals surface area contributed by atoms with E-state index in [-0.39, 0.29) is 11.9 Å². The molecule has 1 aromatic carbocycles. The van der Waals surface area contributed by atoms with Crippen LogP contribution >= 0.6 is 0 Å². The van der Waals surface area contributed by atoms with E-state index in [1.807, 2.05) is 12.1 Å². The second-order valence-electron chi connectivity index (χ2n) is 5.13. The third-order valence-corrected chi connectivity index (χ3v) is 3.50. The van der Waals surface area contributed by atoms with Crippen molar-refractivity contribution < 1.29 is 4.79 Å². The van der Waals surface area contributed by atoms with Crippen LogP contribution in [0.3, 0.4) is 0 Å². The van der Waals surface area contributed by atoms with Gasteiger partial charge in [-0.05, 0) is 25.0 Å². The number of para-hydroxylation sites is 1. The Kier molecular flexibility index (Phi) is 4.24. The molecule has 2 N–H and O–H groups in total. The van der Waals surface area contributed by atoms with Gasteiger partial charge in [0.05, 0.1) is 0 Å². The summed E-state index contributed by atoms with van der Waals surface area (Å²) in [7, 11) is 0. The third kappa shape index (κ3) is 3.03. The van der Waals surface area contributed by atoms with Gasteiger partial charge >= 0.3 is 0 Å². The molecule has 2 unspecified atom stereocenters. The highest BCUT2D eigenvalue weighted by atomic mass is 16.1. The van der Waals surface area contributed by atoms with Crippen LogP contribution in [-0.2, 0) is 4.79 Å². The van der Waals surface area contributed by atoms with Crippen LogP contribution in [0.15, 0.2) is 24.3 Å². The van der Waals surface area contributed by atoms with Crippen LogP contribution in [0.5, 0.6) is 0 Å². The van der Waals surface area contributed by atoms with Gasteiger partial charge in [-0.1, -0.05) is 31.5 Å². The molecule has 0 aromatic heterocycles. The maximum absolute atomic E-state index is 12.0. The van der Waals surface area contributed by atoms with Crippen LogP contribution in [0.1, 0.15) is 44.6 Å². The summed E-state index contributed by atoms with van der Waals surface area (Å²) in [5.41, 5.74) is 2.45. The van der Waals surface area contributed by atoms with Crippen LogP contribution in [0.2, 0.25) is 0 Å². The summed E-state index contributed by atoms with van der Waals surface area (Å²) in [4.78, 5) is 12.0. The van der Waals surface area contributed by atoms with E-state index in [0.717, 1.165) is 19.4 Å². The Hall–Kier alpha value is -1.51. The second-order valence-corrected chi connectivity index (χ2v) is 5.13. The quantitative estimate of drug-likeness (QED) is 0.838. The second kappa shape index (κ2) is 5.89. The lowest BCUT2D eigenvalue weighted by Gasteiger charge is -2.15. The maximum atomic E-state index is 12.0. The van der Waals surface area contributed by atoms with E-state index in [0.29, 0.717) is 12.3 Å². The molecular weight excluding hydrogens is 224 g/mol. The van der Waals surface area contributed by atoms with Crippen LogP contribution in [0.25, 0.3) is 0 Å². The number of carbonyl (C=O) groups is 1. The Balaban J connectivity index is 1.89. The minimum atomic E-state index is 0.166. The lowest BCUT2D eigenvalue weighted by Crippen LogP contribution is -2.33. The van der Waals surface area contributed by atoms with Gasteiger partial charge in [-0.2, -0.15) is 0 Å². The van der Waals surface area contributed by atoms with E-state index in [1.165, 1.54) is 11.3 Å². The highest BCUT2D eigenvalue weighted by Gasteiger charge is 2.24. The molecule has 3 heteroatoms. The first-order valence-corrected chi connectivity index (χ1v) is 6.83. The molecule has 1 heterocycles. The summed E-state index contributed by atoms with van der Waals surface area (Å²) in [5, 5.41) is 6.43. The lowest BCUT2D eigenvalue weighted by molar-refractivity contribution is -0.122. The first-order chi connectivity index (χ1) is 8.70. The number of hydrogen-bond acceptors (Lipinski definition) is 2. The van der Waals surface area contributed by atoms with Crippen molar-refractivity contribution in [1.29, 1.82) is 0 Å². The summed E-state index contributed by atoms with van der Waals surface area (Å²) in [5.74, 6) is 0.481. The molecule has 1 aliphatic rings. The predicted octanol–water partition coefficient (Wildman–Crippen LogP) is 2.89. The monoisotopic (exact) mass is 246 g/mol. The Labute approximate surface area is 109 Å². The van der Waals surface area contributed by atoms with Crippen molar-refractivity contribution >= 4 is 11.6 Å². The van der Waals surface area contributed by atoms with Crippen LogP contribution < -0.4 is 10.6 Å². The van der Waals surface area contributed by atoms with Gasteiger partial charge in [0.1, 0.15) is 0 Å². The number of fused-ring (bicyclic) bond motifs is 1. The van der Waals surface area contributed by atoms with Gasteiger partial charge in [-0.15, -0.1) is 0 Å². The summed E-state index contributed by atoms with van der Waals surface area (Å²) in [6.07, 6.45) is 2.73. The van der Waals surface area contributed by atoms with Crippen LogP contribution in [0.4, 0.5) is 5.69 Å². The molecule has 0 fully saturated rings. The molecule has 0 spiro atoms. The molecule has 18 heavy (non-hydrogen) atoms. The van der Waals surface area contributed by atoms with Crippen LogP contribution in [0, 0.1) is 0 Å². The van der Waals surface area contributed by atoms with E-state index in [1.54, 1.807) is 0 Å². The lowest BCUT2D eigenvalue weighted by atomic mass is 9.97. The van der Waals surface area contributed by atoms with Gasteiger partial charge in [-0.3, -0.25) is 4.79 Å². The number of hydrogen-bond donors (Lipinski definition) is 2. The Bertz CT molecular complexity index is 417. The fourth-order valence-corrected chi connectivity index (χ4v) is 2.60. The summed E-state index contributed by atoms with van der Waals surface area (Å²) < 4.78 is 0. The zero-order chi connectivity index (χ0) is 13.0. The van der Waals surface area contributed by atoms with Gasteiger partial charge in [0.2, 0.25) is 5.91 Å². The molecule has 0 aliphatic carbocycles. The van der Waals surface area contributed by atoms with Gasteiger partial charge < -0.3 is 10.6 Å². The highest BCUT2D eigenvalue weighted by Crippen LogP contribution is 2.32. The van der Waals surface area contributed by atoms with E-state index in [4.69, 9.17) is 0 Å². The molecule has 2 rings (SSSR count). The molecule has 98 valence electrons. The number of rotatable bonds is 5. The Morgan fingerprint density at radius 1 is 1.50 bits per heavy atom. The zero-order valence-electron chi connectivity index (χ0n) is 11.2. The smallest absolute Gasteiger partial charge is 0.220 e. The molecule has 1 amide bonds. The standard InChI is InChI=1S/C15H22N2O/c1-3-6-11(2)17-15(18)9-12-10-16-14-8-5-4-7-13(12)14/h4-5,7-8,11-12,16H,3,6,9-10H2,1-2H3,(H,17,18). The summed E-state index contributed by atoms with van der Waals surface area (Å²) >= 11 is 0. The van der Waals surface area contributed by atoms with E-state index in [9.17, 15) is 4.79 Å². The molecule has 0 radical (unpaired) electrons. The number of anilines is 1. The molecule has 1 aliphatic heterocycles. The van der Waals surface area contributed by atoms with E-state index < -0.39 is 0 Å². The molecule has 0 saturated carbocycles. The van der Waals surface area contributed by atoms with Gasteiger partial charge in [0.15, 0.2) is 0 Å². The molecule has 1 aromatic rings. The maximum Gasteiger partial charge on any atom is 0.220 e. The van der Waals surface area contributed by atoms with Gasteiger partial charge in [0, 0.05) is 30.6 Å². The normalized spacial score (nSPS) is 18.9. The minimum absolute atomic E-state index is 0.166. The van der Waals surface area contributed by atoms with Crippen LogP contribution in [-0.4, -0.2) is 18.5 Å². The largest absolute Gasteiger partial charge is 0.384 e. The average Bonchev–Trinajstić information content (AvgIpc) is 2.73. The number of amides is 1. The highest BCUT2D eigenvalue weighted by molar-refractivity contribution is 5.78. The Morgan fingerprint density at radius 3 is 3.06 bits per heavy atom. The van der Waals surface area contributed by atoms with Crippen molar-refractivity contribution in [2.24, 2.45) is 0 Å². The fourth-order valence-electron chi connectivity index (χ4n) is 2.60. The molecule has 3 nitrogen and oxygen atoms in total. The van der Waals surface area contributed by atoms with E-state index in [2.05, 4.69) is 36.6 Å². The van der Waals surface area contributed by atoms with E-state index >= 15 is 0 Å². The Morgan fingerprint density at radius 2 is 2.28 bits per heavy atom. The van der Waals surface area contributed by atoms with Crippen molar-refractivity contribution in [3.63, 3.8) is 0 Å². The fraction of sp³-hybridized carbons (Fsp3) is 0.533. The third-order valence-electron chi connectivity index (χ3n) is 3.50. The van der Waals surface area contributed by atoms with Gasteiger partial charge in [0.25, 0.3) is 0 Å². The topological polar surface area (TPSA) is 41.1 Å². The molecule has 0 bridgehead atoms. The van der Waals surface area contributed by atoms with Crippen molar-refractivity contribution in [2.45, 2.75) is 45.1 Å². The predicted molar refractivity (Wildman–Crippen MR) is 74.8 cm³/mol.